The second kappa shape index (κ2) is 8.37. The Morgan fingerprint density at radius 2 is 2.06 bits per heavy atom. The van der Waals surface area contributed by atoms with Gasteiger partial charge < -0.3 is 5.32 Å². The summed E-state index contributed by atoms with van der Waals surface area (Å²) in [4.78, 5) is 2.70. The van der Waals surface area contributed by atoms with Crippen LogP contribution in [0.4, 0.5) is 0 Å². The molecule has 16 heavy (non-hydrogen) atoms. The van der Waals surface area contributed by atoms with Gasteiger partial charge in [0.2, 0.25) is 0 Å². The highest BCUT2D eigenvalue weighted by Crippen LogP contribution is 2.16. The summed E-state index contributed by atoms with van der Waals surface area (Å²) < 4.78 is 0. The van der Waals surface area contributed by atoms with E-state index >= 15 is 0 Å². The van der Waals surface area contributed by atoms with Gasteiger partial charge in [-0.1, -0.05) is 20.8 Å². The smallest absolute Gasteiger partial charge is 0.0243 e. The van der Waals surface area contributed by atoms with Crippen molar-refractivity contribution in [3.63, 3.8) is 0 Å². The van der Waals surface area contributed by atoms with Gasteiger partial charge in [0.15, 0.2) is 0 Å². The van der Waals surface area contributed by atoms with Crippen LogP contribution >= 0.6 is 11.8 Å². The van der Waals surface area contributed by atoms with Gasteiger partial charge in [-0.05, 0) is 37.6 Å². The first kappa shape index (κ1) is 14.3. The van der Waals surface area contributed by atoms with Crippen molar-refractivity contribution in [3.8, 4) is 0 Å². The van der Waals surface area contributed by atoms with E-state index < -0.39 is 0 Å². The molecule has 0 spiro atoms. The van der Waals surface area contributed by atoms with E-state index in [0.717, 1.165) is 25.0 Å². The van der Waals surface area contributed by atoms with E-state index in [4.69, 9.17) is 0 Å². The maximum atomic E-state index is 3.59. The third-order valence-electron chi connectivity index (χ3n) is 3.28. The molecule has 0 aromatic carbocycles. The quantitative estimate of drug-likeness (QED) is 0.723. The van der Waals surface area contributed by atoms with E-state index in [1.165, 1.54) is 37.4 Å². The molecule has 0 radical (unpaired) electrons. The van der Waals surface area contributed by atoms with Crippen LogP contribution < -0.4 is 5.32 Å². The molecule has 96 valence electrons. The van der Waals surface area contributed by atoms with E-state index in [1.54, 1.807) is 0 Å². The SMILES string of the molecule is CCCNCC(C(C)C)N1CCCSCC1. The molecular weight excluding hydrogens is 216 g/mol. The number of thioether (sulfide) groups is 1. The standard InChI is InChI=1S/C13H28N2S/c1-4-6-14-11-13(12(2)3)15-7-5-9-16-10-8-15/h12-14H,4-11H2,1-3H3. The highest BCUT2D eigenvalue weighted by atomic mass is 32.2. The summed E-state index contributed by atoms with van der Waals surface area (Å²) in [6.45, 7) is 11.8. The largest absolute Gasteiger partial charge is 0.315 e. The van der Waals surface area contributed by atoms with Crippen LogP contribution in [-0.2, 0) is 0 Å². The van der Waals surface area contributed by atoms with Gasteiger partial charge in [0.1, 0.15) is 0 Å². The average Bonchev–Trinajstić information content (AvgIpc) is 2.52. The first-order chi connectivity index (χ1) is 7.75. The monoisotopic (exact) mass is 244 g/mol. The van der Waals surface area contributed by atoms with Crippen molar-refractivity contribution in [1.82, 2.24) is 10.2 Å². The molecule has 2 nitrogen and oxygen atoms in total. The molecule has 3 heteroatoms. The lowest BCUT2D eigenvalue weighted by Gasteiger charge is -2.33. The predicted octanol–water partition coefficient (Wildman–Crippen LogP) is 2.45. The summed E-state index contributed by atoms with van der Waals surface area (Å²) in [7, 11) is 0. The first-order valence-corrected chi connectivity index (χ1v) is 7.93. The molecule has 1 rings (SSSR count). The molecule has 0 aromatic rings. The predicted molar refractivity (Wildman–Crippen MR) is 75.3 cm³/mol. The van der Waals surface area contributed by atoms with Crippen LogP contribution in [0.2, 0.25) is 0 Å². The highest BCUT2D eigenvalue weighted by molar-refractivity contribution is 7.99. The van der Waals surface area contributed by atoms with Crippen LogP contribution in [0.25, 0.3) is 0 Å². The van der Waals surface area contributed by atoms with E-state index in [2.05, 4.69) is 42.7 Å². The number of hydrogen-bond donors (Lipinski definition) is 1. The van der Waals surface area contributed by atoms with E-state index in [9.17, 15) is 0 Å². The molecule has 1 aliphatic rings. The first-order valence-electron chi connectivity index (χ1n) is 6.78. The molecule has 1 N–H and O–H groups in total. The molecule has 0 aromatic heterocycles. The van der Waals surface area contributed by atoms with Gasteiger partial charge in [-0.25, -0.2) is 0 Å². The Hall–Kier alpha value is 0.270. The average molecular weight is 244 g/mol. The van der Waals surface area contributed by atoms with Crippen LogP contribution in [0.3, 0.4) is 0 Å². The fourth-order valence-corrected chi connectivity index (χ4v) is 3.21. The Morgan fingerprint density at radius 3 is 2.75 bits per heavy atom. The number of nitrogens with one attached hydrogen (secondary N) is 1. The molecular formula is C13H28N2S. The normalized spacial score (nSPS) is 21.0. The Bertz CT molecular complexity index is 165. The zero-order valence-corrected chi connectivity index (χ0v) is 12.0. The summed E-state index contributed by atoms with van der Waals surface area (Å²) >= 11 is 2.11. The molecule has 1 atom stereocenters. The lowest BCUT2D eigenvalue weighted by Crippen LogP contribution is -2.46. The maximum absolute atomic E-state index is 3.59. The Kier molecular flexibility index (Phi) is 7.50. The molecule has 1 saturated heterocycles. The minimum Gasteiger partial charge on any atom is -0.315 e. The van der Waals surface area contributed by atoms with Crippen molar-refractivity contribution >= 4 is 11.8 Å². The molecule has 1 fully saturated rings. The minimum atomic E-state index is 0.727. The van der Waals surface area contributed by atoms with Crippen molar-refractivity contribution in [3.05, 3.63) is 0 Å². The van der Waals surface area contributed by atoms with E-state index in [0.29, 0.717) is 0 Å². The van der Waals surface area contributed by atoms with Gasteiger partial charge in [0.05, 0.1) is 0 Å². The summed E-state index contributed by atoms with van der Waals surface area (Å²) in [5.74, 6) is 3.42. The maximum Gasteiger partial charge on any atom is 0.0243 e. The molecule has 0 saturated carbocycles. The summed E-state index contributed by atoms with van der Waals surface area (Å²) in [5, 5.41) is 3.59. The third kappa shape index (κ3) is 5.07. The molecule has 0 aliphatic carbocycles. The van der Waals surface area contributed by atoms with Gasteiger partial charge in [-0.2, -0.15) is 11.8 Å². The van der Waals surface area contributed by atoms with Crippen LogP contribution in [0, 0.1) is 5.92 Å². The third-order valence-corrected chi connectivity index (χ3v) is 4.32. The van der Waals surface area contributed by atoms with Gasteiger partial charge in [0.25, 0.3) is 0 Å². The lowest BCUT2D eigenvalue weighted by molar-refractivity contribution is 0.163. The van der Waals surface area contributed by atoms with Crippen molar-refractivity contribution < 1.29 is 0 Å². The van der Waals surface area contributed by atoms with E-state index in [1.807, 2.05) is 0 Å². The van der Waals surface area contributed by atoms with E-state index in [-0.39, 0.29) is 0 Å². The summed E-state index contributed by atoms with van der Waals surface area (Å²) in [6, 6.07) is 0.727. The highest BCUT2D eigenvalue weighted by Gasteiger charge is 2.22. The van der Waals surface area contributed by atoms with Crippen LogP contribution in [-0.4, -0.2) is 48.6 Å². The zero-order valence-electron chi connectivity index (χ0n) is 11.2. The van der Waals surface area contributed by atoms with Gasteiger partial charge in [0, 0.05) is 24.9 Å². The van der Waals surface area contributed by atoms with Crippen LogP contribution in [0.5, 0.6) is 0 Å². The molecule has 1 heterocycles. The topological polar surface area (TPSA) is 15.3 Å². The van der Waals surface area contributed by atoms with Crippen molar-refractivity contribution in [2.75, 3.05) is 37.7 Å². The van der Waals surface area contributed by atoms with Crippen molar-refractivity contribution in [2.24, 2.45) is 5.92 Å². The lowest BCUT2D eigenvalue weighted by atomic mass is 10.0. The van der Waals surface area contributed by atoms with Crippen LogP contribution in [0.15, 0.2) is 0 Å². The second-order valence-corrected chi connectivity index (χ2v) is 6.24. The molecule has 0 bridgehead atoms. The Balaban J connectivity index is 2.40. The van der Waals surface area contributed by atoms with Gasteiger partial charge in [-0.3, -0.25) is 4.90 Å². The molecule has 0 amide bonds. The minimum absolute atomic E-state index is 0.727. The summed E-state index contributed by atoms with van der Waals surface area (Å²) in [6.07, 6.45) is 2.60. The zero-order chi connectivity index (χ0) is 11.8. The fraction of sp³-hybridized carbons (Fsp3) is 1.00. The fourth-order valence-electron chi connectivity index (χ4n) is 2.31. The van der Waals surface area contributed by atoms with Crippen molar-refractivity contribution in [1.29, 1.82) is 0 Å². The number of hydrogen-bond acceptors (Lipinski definition) is 3. The van der Waals surface area contributed by atoms with Gasteiger partial charge in [-0.15, -0.1) is 0 Å². The van der Waals surface area contributed by atoms with Crippen LogP contribution in [0.1, 0.15) is 33.6 Å². The summed E-state index contributed by atoms with van der Waals surface area (Å²) in [5.41, 5.74) is 0. The molecule has 1 unspecified atom stereocenters. The number of nitrogens with zero attached hydrogens (tertiary/aromatic N) is 1. The molecule has 1 aliphatic heterocycles. The Morgan fingerprint density at radius 1 is 1.25 bits per heavy atom. The Labute approximate surface area is 106 Å². The second-order valence-electron chi connectivity index (χ2n) is 5.02. The number of rotatable bonds is 6. The van der Waals surface area contributed by atoms with Gasteiger partial charge >= 0.3 is 0 Å². The van der Waals surface area contributed by atoms with Crippen molar-refractivity contribution in [2.45, 2.75) is 39.7 Å².